The molecule has 4 nitrogen and oxygen atoms in total. The molecule has 4 heteroatoms. The number of methoxy groups -OCH3 is 1. The van der Waals surface area contributed by atoms with Crippen molar-refractivity contribution in [2.24, 2.45) is 0 Å². The van der Waals surface area contributed by atoms with Gasteiger partial charge in [0, 0.05) is 18.6 Å². The molecule has 0 N–H and O–H groups in total. The van der Waals surface area contributed by atoms with Gasteiger partial charge in [-0.15, -0.1) is 0 Å². The Labute approximate surface area is 86.0 Å². The van der Waals surface area contributed by atoms with Gasteiger partial charge < -0.3 is 13.9 Å². The summed E-state index contributed by atoms with van der Waals surface area (Å²) in [5.41, 5.74) is 0.0537. The van der Waals surface area contributed by atoms with Crippen LogP contribution in [0.3, 0.4) is 0 Å². The molecule has 1 aromatic carbocycles. The molecule has 0 aliphatic heterocycles. The number of para-hydroxylation sites is 1. The Morgan fingerprint density at radius 2 is 2.13 bits per heavy atom. The average Bonchev–Trinajstić information content (AvgIpc) is 2.26. The molecule has 0 amide bonds. The van der Waals surface area contributed by atoms with Gasteiger partial charge in [-0.3, -0.25) is 0 Å². The Morgan fingerprint density at radius 1 is 1.27 bits per heavy atom. The summed E-state index contributed by atoms with van der Waals surface area (Å²) in [5, 5.41) is 0.822. The highest BCUT2D eigenvalue weighted by atomic mass is 16.7. The molecule has 78 valence electrons. The predicted molar refractivity (Wildman–Crippen MR) is 55.0 cm³/mol. The van der Waals surface area contributed by atoms with Crippen LogP contribution in [-0.4, -0.2) is 13.9 Å². The van der Waals surface area contributed by atoms with Crippen LogP contribution >= 0.6 is 0 Å². The molecule has 1 aromatic heterocycles. The van der Waals surface area contributed by atoms with Gasteiger partial charge in [0.1, 0.15) is 0 Å². The fourth-order valence-corrected chi connectivity index (χ4v) is 1.30. The van der Waals surface area contributed by atoms with E-state index in [9.17, 15) is 4.79 Å². The second-order valence-corrected chi connectivity index (χ2v) is 2.98. The molecule has 0 atom stereocenters. The van der Waals surface area contributed by atoms with E-state index in [2.05, 4.69) is 0 Å². The van der Waals surface area contributed by atoms with E-state index in [0.717, 1.165) is 5.39 Å². The summed E-state index contributed by atoms with van der Waals surface area (Å²) >= 11 is 0. The number of hydrogen-bond acceptors (Lipinski definition) is 4. The Morgan fingerprint density at radius 3 is 2.93 bits per heavy atom. The van der Waals surface area contributed by atoms with Crippen LogP contribution in [0.25, 0.3) is 11.0 Å². The van der Waals surface area contributed by atoms with E-state index in [1.165, 1.54) is 13.2 Å². The maximum atomic E-state index is 11.1. The highest BCUT2D eigenvalue weighted by molar-refractivity contribution is 5.82. The van der Waals surface area contributed by atoms with Crippen molar-refractivity contribution in [2.45, 2.75) is 0 Å². The summed E-state index contributed by atoms with van der Waals surface area (Å²) in [6, 6.07) is 8.47. The lowest BCUT2D eigenvalue weighted by molar-refractivity contribution is 0.0514. The molecular weight excluding hydrogens is 196 g/mol. The monoisotopic (exact) mass is 206 g/mol. The molecule has 1 heterocycles. The number of rotatable bonds is 3. The van der Waals surface area contributed by atoms with Crippen molar-refractivity contribution >= 4 is 11.0 Å². The van der Waals surface area contributed by atoms with Crippen LogP contribution in [-0.2, 0) is 4.74 Å². The van der Waals surface area contributed by atoms with E-state index in [0.29, 0.717) is 11.3 Å². The minimum Gasteiger partial charge on any atom is -0.464 e. The first kappa shape index (κ1) is 9.73. The van der Waals surface area contributed by atoms with Crippen LogP contribution in [0.15, 0.2) is 39.5 Å². The molecule has 0 fully saturated rings. The zero-order chi connectivity index (χ0) is 10.7. The minimum atomic E-state index is -0.393. The summed E-state index contributed by atoms with van der Waals surface area (Å²) < 4.78 is 15.1. The summed E-state index contributed by atoms with van der Waals surface area (Å²) in [6.07, 6.45) is 0. The van der Waals surface area contributed by atoms with Gasteiger partial charge in [-0.25, -0.2) is 4.79 Å². The van der Waals surface area contributed by atoms with Crippen LogP contribution in [0.1, 0.15) is 0 Å². The van der Waals surface area contributed by atoms with Gasteiger partial charge in [0.2, 0.25) is 0 Å². The largest absolute Gasteiger partial charge is 0.464 e. The Balaban J connectivity index is 2.53. The molecule has 15 heavy (non-hydrogen) atoms. The van der Waals surface area contributed by atoms with Crippen LogP contribution in [0.4, 0.5) is 0 Å². The van der Waals surface area contributed by atoms with E-state index in [-0.39, 0.29) is 6.79 Å². The molecule has 0 bridgehead atoms. The maximum Gasteiger partial charge on any atom is 0.336 e. The topological polar surface area (TPSA) is 48.7 Å². The number of hydrogen-bond donors (Lipinski definition) is 0. The lowest BCUT2D eigenvalue weighted by Crippen LogP contribution is -2.01. The smallest absolute Gasteiger partial charge is 0.336 e. The fraction of sp³-hybridized carbons (Fsp3) is 0.182. The quantitative estimate of drug-likeness (QED) is 0.567. The first-order chi connectivity index (χ1) is 7.31. The number of benzene rings is 1. The van der Waals surface area contributed by atoms with Gasteiger partial charge in [-0.2, -0.15) is 0 Å². The maximum absolute atomic E-state index is 11.1. The lowest BCUT2D eigenvalue weighted by atomic mass is 10.2. The molecule has 2 aromatic rings. The fourth-order valence-electron chi connectivity index (χ4n) is 1.30. The van der Waals surface area contributed by atoms with Gasteiger partial charge in [0.25, 0.3) is 0 Å². The predicted octanol–water partition coefficient (Wildman–Crippen LogP) is 1.78. The van der Waals surface area contributed by atoms with Crippen LogP contribution in [0.2, 0.25) is 0 Å². The summed E-state index contributed by atoms with van der Waals surface area (Å²) in [6.45, 7) is 0.123. The van der Waals surface area contributed by atoms with Gasteiger partial charge in [-0.05, 0) is 12.1 Å². The van der Waals surface area contributed by atoms with Gasteiger partial charge in [-0.1, -0.05) is 12.1 Å². The highest BCUT2D eigenvalue weighted by Gasteiger charge is 2.04. The third-order valence-corrected chi connectivity index (χ3v) is 1.94. The average molecular weight is 206 g/mol. The Hall–Kier alpha value is -1.81. The van der Waals surface area contributed by atoms with E-state index in [1.54, 1.807) is 12.1 Å². The normalized spacial score (nSPS) is 10.5. The van der Waals surface area contributed by atoms with E-state index >= 15 is 0 Å². The number of ether oxygens (including phenoxy) is 2. The zero-order valence-corrected chi connectivity index (χ0v) is 8.23. The molecular formula is C11H10O4. The van der Waals surface area contributed by atoms with Crippen molar-refractivity contribution in [1.29, 1.82) is 0 Å². The van der Waals surface area contributed by atoms with Gasteiger partial charge in [0.05, 0.1) is 0 Å². The Kier molecular flexibility index (Phi) is 2.69. The van der Waals surface area contributed by atoms with Crippen LogP contribution in [0.5, 0.6) is 5.75 Å². The van der Waals surface area contributed by atoms with Crippen LogP contribution in [0, 0.1) is 0 Å². The summed E-state index contributed by atoms with van der Waals surface area (Å²) in [4.78, 5) is 11.1. The number of fused-ring (bicyclic) bond motifs is 1. The Bertz CT molecular complexity index is 515. The van der Waals surface area contributed by atoms with Crippen molar-refractivity contribution in [3.05, 3.63) is 40.8 Å². The van der Waals surface area contributed by atoms with Gasteiger partial charge >= 0.3 is 5.63 Å². The van der Waals surface area contributed by atoms with Crippen molar-refractivity contribution in [3.63, 3.8) is 0 Å². The molecule has 0 spiro atoms. The van der Waals surface area contributed by atoms with Crippen molar-refractivity contribution < 1.29 is 13.9 Å². The van der Waals surface area contributed by atoms with E-state index < -0.39 is 5.63 Å². The summed E-state index contributed by atoms with van der Waals surface area (Å²) in [5.74, 6) is 0.507. The second kappa shape index (κ2) is 4.14. The van der Waals surface area contributed by atoms with E-state index in [1.807, 2.05) is 12.1 Å². The molecule has 0 saturated carbocycles. The third kappa shape index (κ3) is 1.99. The SMILES string of the molecule is COCOc1cccc2ccc(=O)oc12. The molecule has 2 rings (SSSR count). The van der Waals surface area contributed by atoms with Crippen molar-refractivity contribution in [1.82, 2.24) is 0 Å². The molecule has 0 radical (unpaired) electrons. The molecule has 0 aliphatic carbocycles. The third-order valence-electron chi connectivity index (χ3n) is 1.94. The van der Waals surface area contributed by atoms with Crippen molar-refractivity contribution in [2.75, 3.05) is 13.9 Å². The first-order valence-corrected chi connectivity index (χ1v) is 4.46. The van der Waals surface area contributed by atoms with Gasteiger partial charge in [0.15, 0.2) is 18.1 Å². The van der Waals surface area contributed by atoms with E-state index in [4.69, 9.17) is 13.9 Å². The lowest BCUT2D eigenvalue weighted by Gasteiger charge is -2.05. The highest BCUT2D eigenvalue weighted by Crippen LogP contribution is 2.23. The standard InChI is InChI=1S/C11H10O4/c1-13-7-14-9-4-2-3-8-5-6-10(12)15-11(8)9/h2-6H,7H2,1H3. The molecule has 0 aliphatic rings. The van der Waals surface area contributed by atoms with Crippen LogP contribution < -0.4 is 10.4 Å². The summed E-state index contributed by atoms with van der Waals surface area (Å²) in [7, 11) is 1.53. The van der Waals surface area contributed by atoms with Crippen molar-refractivity contribution in [3.8, 4) is 5.75 Å². The first-order valence-electron chi connectivity index (χ1n) is 4.46. The molecule has 0 saturated heterocycles. The zero-order valence-electron chi connectivity index (χ0n) is 8.23. The second-order valence-electron chi connectivity index (χ2n) is 2.98. The molecule has 0 unspecified atom stereocenters. The minimum absolute atomic E-state index is 0.123.